The molecule has 2 aromatic heterocycles. The lowest BCUT2D eigenvalue weighted by Crippen LogP contribution is -2.31. The summed E-state index contributed by atoms with van der Waals surface area (Å²) < 4.78 is 66.8. The average Bonchev–Trinajstić information content (AvgIpc) is 2.66. The van der Waals surface area contributed by atoms with Crippen molar-refractivity contribution in [1.29, 1.82) is 0 Å². The number of nitrogens with one attached hydrogen (secondary N) is 2. The molecule has 0 aliphatic carbocycles. The summed E-state index contributed by atoms with van der Waals surface area (Å²) in [5.41, 5.74) is -2.42. The average molecular weight is 409 g/mol. The van der Waals surface area contributed by atoms with Gasteiger partial charge in [-0.15, -0.1) is 0 Å². The number of H-pyrrole nitrogens is 1. The van der Waals surface area contributed by atoms with Gasteiger partial charge in [0, 0.05) is 18.5 Å². The Kier molecular flexibility index (Phi) is 5.44. The topological polar surface area (TPSA) is 74.8 Å². The van der Waals surface area contributed by atoms with Crippen molar-refractivity contribution in [1.82, 2.24) is 15.3 Å². The van der Waals surface area contributed by atoms with Gasteiger partial charge in [-0.3, -0.25) is 14.6 Å². The third-order valence-electron chi connectivity index (χ3n) is 4.01. The summed E-state index contributed by atoms with van der Waals surface area (Å²) in [5, 5.41) is 2.40. The largest absolute Gasteiger partial charge is 0.419 e. The summed E-state index contributed by atoms with van der Waals surface area (Å²) in [5.74, 6) is -3.20. The van der Waals surface area contributed by atoms with Crippen molar-refractivity contribution >= 4 is 5.91 Å². The smallest absolute Gasteiger partial charge is 0.339 e. The molecule has 3 rings (SSSR count). The predicted molar refractivity (Wildman–Crippen MR) is 92.0 cm³/mol. The van der Waals surface area contributed by atoms with Crippen LogP contribution in [0, 0.1) is 11.6 Å². The SMILES string of the molecule is O=C(NC(c1ccc(C(F)(F)F)c(F)c1)c1ncccc1F)c1ccc(=O)[nH]c1. The number of halogens is 5. The van der Waals surface area contributed by atoms with Crippen molar-refractivity contribution in [3.8, 4) is 0 Å². The number of hydrogen-bond acceptors (Lipinski definition) is 3. The van der Waals surface area contributed by atoms with Crippen molar-refractivity contribution in [3.63, 3.8) is 0 Å². The number of nitrogens with zero attached hydrogens (tertiary/aromatic N) is 1. The summed E-state index contributed by atoms with van der Waals surface area (Å²) >= 11 is 0. The molecular formula is C19H12F5N3O2. The maximum Gasteiger partial charge on any atom is 0.419 e. The minimum atomic E-state index is -4.91. The highest BCUT2D eigenvalue weighted by atomic mass is 19.4. The zero-order valence-corrected chi connectivity index (χ0v) is 14.4. The molecule has 2 N–H and O–H groups in total. The highest BCUT2D eigenvalue weighted by Crippen LogP contribution is 2.33. The fourth-order valence-electron chi connectivity index (χ4n) is 2.63. The van der Waals surface area contributed by atoms with Crippen LogP contribution in [-0.2, 0) is 6.18 Å². The summed E-state index contributed by atoms with van der Waals surface area (Å²) in [4.78, 5) is 29.7. The van der Waals surface area contributed by atoms with E-state index in [0.29, 0.717) is 12.1 Å². The molecule has 0 bridgehead atoms. The Hall–Kier alpha value is -3.56. The number of alkyl halides is 3. The molecule has 0 aliphatic heterocycles. The lowest BCUT2D eigenvalue weighted by Gasteiger charge is -2.20. The Labute approximate surface area is 160 Å². The number of hydrogen-bond donors (Lipinski definition) is 2. The second kappa shape index (κ2) is 7.82. The summed E-state index contributed by atoms with van der Waals surface area (Å²) in [6, 6.07) is 5.23. The van der Waals surface area contributed by atoms with Crippen LogP contribution in [0.4, 0.5) is 22.0 Å². The maximum atomic E-state index is 14.3. The third-order valence-corrected chi connectivity index (χ3v) is 4.01. The van der Waals surface area contributed by atoms with Crippen LogP contribution in [0.5, 0.6) is 0 Å². The lowest BCUT2D eigenvalue weighted by atomic mass is 10.00. The second-order valence-electron chi connectivity index (χ2n) is 5.96. The van der Waals surface area contributed by atoms with E-state index in [1.54, 1.807) is 0 Å². The molecule has 2 heterocycles. The van der Waals surface area contributed by atoms with Crippen molar-refractivity contribution in [2.75, 3.05) is 0 Å². The zero-order chi connectivity index (χ0) is 21.2. The molecule has 0 saturated carbocycles. The fraction of sp³-hybridized carbons (Fsp3) is 0.105. The van der Waals surface area contributed by atoms with Gasteiger partial charge in [0.2, 0.25) is 5.56 Å². The molecule has 5 nitrogen and oxygen atoms in total. The van der Waals surface area contributed by atoms with E-state index >= 15 is 0 Å². The van der Waals surface area contributed by atoms with Crippen molar-refractivity contribution in [3.05, 3.63) is 99.2 Å². The van der Waals surface area contributed by atoms with Gasteiger partial charge in [-0.1, -0.05) is 6.07 Å². The Balaban J connectivity index is 2.03. The van der Waals surface area contributed by atoms with Crippen molar-refractivity contribution in [2.24, 2.45) is 0 Å². The lowest BCUT2D eigenvalue weighted by molar-refractivity contribution is -0.140. The molecule has 1 atom stereocenters. The van der Waals surface area contributed by atoms with Crippen LogP contribution in [-0.4, -0.2) is 15.9 Å². The van der Waals surface area contributed by atoms with E-state index in [1.165, 1.54) is 18.3 Å². The number of pyridine rings is 2. The molecule has 0 radical (unpaired) electrons. The van der Waals surface area contributed by atoms with Crippen LogP contribution in [0.1, 0.15) is 33.2 Å². The summed E-state index contributed by atoms with van der Waals surface area (Å²) in [7, 11) is 0. The molecule has 150 valence electrons. The number of benzene rings is 1. The van der Waals surface area contributed by atoms with E-state index in [-0.39, 0.29) is 16.8 Å². The van der Waals surface area contributed by atoms with Crippen LogP contribution >= 0.6 is 0 Å². The first-order chi connectivity index (χ1) is 13.7. The quantitative estimate of drug-likeness (QED) is 0.647. The Morgan fingerprint density at radius 1 is 1.07 bits per heavy atom. The first kappa shape index (κ1) is 20.2. The molecule has 1 aromatic carbocycles. The zero-order valence-electron chi connectivity index (χ0n) is 14.4. The fourth-order valence-corrected chi connectivity index (χ4v) is 2.63. The van der Waals surface area contributed by atoms with Crippen LogP contribution in [0.2, 0.25) is 0 Å². The number of rotatable bonds is 4. The predicted octanol–water partition coefficient (Wildman–Crippen LogP) is 3.59. The normalized spacial score (nSPS) is 12.4. The standard InChI is InChI=1S/C19H12F5N3O2/c20-13-2-1-7-25-17(13)16(27-18(29)11-4-6-15(28)26-9-11)10-3-5-12(14(21)8-10)19(22,23)24/h1-9,16H,(H,26,28)(H,27,29). The van der Waals surface area contributed by atoms with Gasteiger partial charge in [0.15, 0.2) is 0 Å². The second-order valence-corrected chi connectivity index (χ2v) is 5.96. The van der Waals surface area contributed by atoms with Crippen molar-refractivity contribution < 1.29 is 26.7 Å². The Morgan fingerprint density at radius 2 is 1.83 bits per heavy atom. The summed E-state index contributed by atoms with van der Waals surface area (Å²) in [6.07, 6.45) is -2.58. The first-order valence-electron chi connectivity index (χ1n) is 8.13. The van der Waals surface area contributed by atoms with Gasteiger partial charge in [-0.25, -0.2) is 8.78 Å². The minimum absolute atomic E-state index is 0.00155. The highest BCUT2D eigenvalue weighted by molar-refractivity contribution is 5.94. The molecule has 0 saturated heterocycles. The van der Waals surface area contributed by atoms with E-state index < -0.39 is 40.9 Å². The molecule has 0 fully saturated rings. The maximum absolute atomic E-state index is 14.3. The van der Waals surface area contributed by atoms with Crippen LogP contribution in [0.25, 0.3) is 0 Å². The van der Waals surface area contributed by atoms with Gasteiger partial charge < -0.3 is 10.3 Å². The van der Waals surface area contributed by atoms with Gasteiger partial charge in [-0.2, -0.15) is 13.2 Å². The molecule has 29 heavy (non-hydrogen) atoms. The van der Waals surface area contributed by atoms with Gasteiger partial charge in [-0.05, 0) is 35.9 Å². The number of amides is 1. The van der Waals surface area contributed by atoms with Crippen LogP contribution in [0.15, 0.2) is 59.7 Å². The molecule has 1 unspecified atom stereocenters. The molecule has 0 spiro atoms. The van der Waals surface area contributed by atoms with E-state index in [2.05, 4.69) is 15.3 Å². The Morgan fingerprint density at radius 3 is 2.41 bits per heavy atom. The van der Waals surface area contributed by atoms with Gasteiger partial charge in [0.25, 0.3) is 5.91 Å². The summed E-state index contributed by atoms with van der Waals surface area (Å²) in [6.45, 7) is 0. The molecule has 1 amide bonds. The van der Waals surface area contributed by atoms with E-state index in [4.69, 9.17) is 0 Å². The molecule has 3 aromatic rings. The van der Waals surface area contributed by atoms with E-state index in [0.717, 1.165) is 24.4 Å². The highest BCUT2D eigenvalue weighted by Gasteiger charge is 2.34. The van der Waals surface area contributed by atoms with Gasteiger partial charge >= 0.3 is 6.18 Å². The molecular weight excluding hydrogens is 397 g/mol. The van der Waals surface area contributed by atoms with Gasteiger partial charge in [0.1, 0.15) is 17.3 Å². The van der Waals surface area contributed by atoms with E-state index in [1.807, 2.05) is 0 Å². The number of carbonyl (C=O) groups excluding carboxylic acids is 1. The molecule has 0 aliphatic rings. The van der Waals surface area contributed by atoms with Gasteiger partial charge in [0.05, 0.1) is 17.2 Å². The first-order valence-corrected chi connectivity index (χ1v) is 8.13. The van der Waals surface area contributed by atoms with Crippen LogP contribution < -0.4 is 10.9 Å². The van der Waals surface area contributed by atoms with Crippen molar-refractivity contribution in [2.45, 2.75) is 12.2 Å². The Bertz CT molecular complexity index is 1090. The van der Waals surface area contributed by atoms with Crippen LogP contribution in [0.3, 0.4) is 0 Å². The third kappa shape index (κ3) is 4.48. The van der Waals surface area contributed by atoms with E-state index in [9.17, 15) is 31.5 Å². The monoisotopic (exact) mass is 409 g/mol. The number of aromatic nitrogens is 2. The number of aromatic amines is 1. The number of carbonyl (C=O) groups is 1. The minimum Gasteiger partial charge on any atom is -0.339 e. The molecule has 10 heteroatoms.